The summed E-state index contributed by atoms with van der Waals surface area (Å²) in [5, 5.41) is 15.6. The van der Waals surface area contributed by atoms with E-state index >= 15 is 0 Å². The van der Waals surface area contributed by atoms with Crippen LogP contribution in [0, 0.1) is 0 Å². The first-order valence-corrected chi connectivity index (χ1v) is 22.0. The van der Waals surface area contributed by atoms with Crippen LogP contribution in [0.4, 0.5) is 26.3 Å². The van der Waals surface area contributed by atoms with Crippen LogP contribution in [0.3, 0.4) is 0 Å². The van der Waals surface area contributed by atoms with E-state index < -0.39 is 32.1 Å². The molecule has 2 aromatic heterocycles. The van der Waals surface area contributed by atoms with Gasteiger partial charge in [0.1, 0.15) is 0 Å². The van der Waals surface area contributed by atoms with Crippen molar-refractivity contribution < 1.29 is 49.7 Å². The molecule has 0 amide bonds. The highest BCUT2D eigenvalue weighted by atomic mass is 28.4. The summed E-state index contributed by atoms with van der Waals surface area (Å²) in [7, 11) is -1.74. The molecular weight excluding hydrogens is 731 g/mol. The van der Waals surface area contributed by atoms with Crippen LogP contribution in [0.5, 0.6) is 0 Å². The molecule has 4 aromatic rings. The minimum atomic E-state index is -4.51. The van der Waals surface area contributed by atoms with E-state index in [4.69, 9.17) is 23.3 Å². The molecule has 7 nitrogen and oxygen atoms in total. The van der Waals surface area contributed by atoms with Crippen LogP contribution in [0.15, 0.2) is 33.3 Å². The topological polar surface area (TPSA) is 90.8 Å². The average Bonchev–Trinajstić information content (AvgIpc) is 3.88. The van der Waals surface area contributed by atoms with Crippen molar-refractivity contribution >= 4 is 30.3 Å². The van der Waals surface area contributed by atoms with Gasteiger partial charge in [-0.15, -0.1) is 0 Å². The van der Waals surface area contributed by atoms with Gasteiger partial charge in [-0.2, -0.15) is 26.3 Å². The minimum absolute atomic E-state index is 0.0249. The molecule has 0 saturated carbocycles. The minimum Gasteiger partial charge on any atom is -0.417 e. The van der Waals surface area contributed by atoms with Crippen molar-refractivity contribution in [3.8, 4) is 0 Å². The first-order valence-electron chi connectivity index (χ1n) is 19.1. The largest absolute Gasteiger partial charge is 0.437 e. The molecule has 5 rings (SSSR count). The van der Waals surface area contributed by atoms with Crippen LogP contribution >= 0.6 is 0 Å². The molecule has 1 aliphatic heterocycles. The second-order valence-corrected chi connectivity index (χ2v) is 20.1. The third-order valence-corrected chi connectivity index (χ3v) is 14.5. The molecule has 14 heteroatoms. The third kappa shape index (κ3) is 12.5. The first-order chi connectivity index (χ1) is 25.4. The molecule has 1 aliphatic rings. The summed E-state index contributed by atoms with van der Waals surface area (Å²) < 4.78 is 99.2. The standard InChI is InChI=1S/C21H32F3NO2Si.C15H18F3NO2.C4H8O/c1-7-10-16-15(11-8-9-14-26-28(5,6)20(2,3)4)12-13-17-18(16)27-25-19(17)21(22,23)24;1-2-5-11-10(6-3-4-9-20)7-8-12-13(11)21-19-14(12)15(16,17)18;1-2-4-5-3-1/h12-13H,7-11,14H2,1-6H3;7-8,20H,2-6,9H2,1H3;1-4H2. The Bertz CT molecular complexity index is 1710. The predicted octanol–water partition coefficient (Wildman–Crippen LogP) is 12.1. The second-order valence-electron chi connectivity index (χ2n) is 15.3. The number of aromatic nitrogens is 2. The number of rotatable bonds is 14. The molecule has 0 aliphatic carbocycles. The maximum atomic E-state index is 13.1. The Labute approximate surface area is 316 Å². The molecule has 3 heterocycles. The van der Waals surface area contributed by atoms with E-state index in [1.54, 1.807) is 12.1 Å². The van der Waals surface area contributed by atoms with Crippen molar-refractivity contribution in [3.63, 3.8) is 0 Å². The highest BCUT2D eigenvalue weighted by molar-refractivity contribution is 6.74. The zero-order valence-corrected chi connectivity index (χ0v) is 33.9. The van der Waals surface area contributed by atoms with Crippen LogP contribution in [-0.4, -0.2) is 50.2 Å². The zero-order valence-electron chi connectivity index (χ0n) is 32.9. The number of unbranched alkanes of at least 4 members (excludes halogenated alkanes) is 2. The third-order valence-electron chi connectivity index (χ3n) is 10.0. The molecule has 1 saturated heterocycles. The molecule has 0 bridgehead atoms. The van der Waals surface area contributed by atoms with Gasteiger partial charge in [0.05, 0.1) is 10.8 Å². The van der Waals surface area contributed by atoms with Crippen LogP contribution < -0.4 is 0 Å². The fourth-order valence-electron chi connectivity index (χ4n) is 6.02. The van der Waals surface area contributed by atoms with Crippen molar-refractivity contribution in [2.45, 2.75) is 142 Å². The maximum Gasteiger partial charge on any atom is 0.437 e. The van der Waals surface area contributed by atoms with Gasteiger partial charge < -0.3 is 23.3 Å². The number of fused-ring (bicyclic) bond motifs is 2. The van der Waals surface area contributed by atoms with Crippen LogP contribution in [0.25, 0.3) is 21.9 Å². The number of benzene rings is 2. The van der Waals surface area contributed by atoms with E-state index in [0.717, 1.165) is 80.6 Å². The summed E-state index contributed by atoms with van der Waals surface area (Å²) in [6.45, 7) is 18.0. The van der Waals surface area contributed by atoms with Crippen molar-refractivity contribution in [3.05, 3.63) is 57.9 Å². The lowest BCUT2D eigenvalue weighted by molar-refractivity contribution is -0.142. The lowest BCUT2D eigenvalue weighted by atomic mass is 9.96. The van der Waals surface area contributed by atoms with Gasteiger partial charge in [0.15, 0.2) is 30.9 Å². The van der Waals surface area contributed by atoms with Crippen LogP contribution in [0.2, 0.25) is 18.1 Å². The fraction of sp³-hybridized carbons (Fsp3) is 0.650. The summed E-state index contributed by atoms with van der Waals surface area (Å²) in [6.07, 6.45) is 1.37. The van der Waals surface area contributed by atoms with Gasteiger partial charge in [0, 0.05) is 37.6 Å². The van der Waals surface area contributed by atoms with Gasteiger partial charge in [-0.05, 0) is 106 Å². The van der Waals surface area contributed by atoms with Gasteiger partial charge in [0.2, 0.25) is 0 Å². The number of ether oxygens (including phenoxy) is 1. The molecule has 0 radical (unpaired) electrons. The monoisotopic (exact) mass is 788 g/mol. The Hall–Kier alpha value is -2.94. The van der Waals surface area contributed by atoms with Gasteiger partial charge in [-0.3, -0.25) is 0 Å². The Morgan fingerprint density at radius 3 is 1.48 bits per heavy atom. The molecule has 0 unspecified atom stereocenters. The van der Waals surface area contributed by atoms with Gasteiger partial charge in [0.25, 0.3) is 0 Å². The van der Waals surface area contributed by atoms with E-state index in [0.29, 0.717) is 25.7 Å². The van der Waals surface area contributed by atoms with E-state index in [-0.39, 0.29) is 33.6 Å². The number of hydrogen-bond donors (Lipinski definition) is 1. The number of aryl methyl sites for hydroxylation is 4. The molecule has 304 valence electrons. The smallest absolute Gasteiger partial charge is 0.417 e. The van der Waals surface area contributed by atoms with Crippen LogP contribution in [-0.2, 0) is 47.2 Å². The molecule has 0 atom stereocenters. The number of aliphatic hydroxyl groups is 1. The summed E-state index contributed by atoms with van der Waals surface area (Å²) in [4.78, 5) is 0. The molecule has 1 N–H and O–H groups in total. The van der Waals surface area contributed by atoms with Gasteiger partial charge in [-0.1, -0.05) is 69.9 Å². The Kier molecular flexibility index (Phi) is 17.1. The molecule has 1 fully saturated rings. The Balaban J connectivity index is 0.000000264. The summed E-state index contributed by atoms with van der Waals surface area (Å²) >= 11 is 0. The Morgan fingerprint density at radius 2 is 1.13 bits per heavy atom. The number of hydrogen-bond acceptors (Lipinski definition) is 7. The van der Waals surface area contributed by atoms with E-state index in [1.807, 2.05) is 13.8 Å². The predicted molar refractivity (Wildman–Crippen MR) is 202 cm³/mol. The Morgan fingerprint density at radius 1 is 0.685 bits per heavy atom. The second kappa shape index (κ2) is 20.3. The lowest BCUT2D eigenvalue weighted by Gasteiger charge is -2.36. The maximum absolute atomic E-state index is 13.1. The van der Waals surface area contributed by atoms with Crippen molar-refractivity contribution in [2.24, 2.45) is 0 Å². The SMILES string of the molecule is C1CCOC1.CCCc1c(CCCCO)ccc2c(C(F)(F)F)noc12.CCCc1c(CCCCO[Si](C)(C)C(C)(C)C)ccc2c(C(F)(F)F)noc12. The number of aliphatic hydroxyl groups excluding tert-OH is 1. The van der Waals surface area contributed by atoms with Gasteiger partial charge >= 0.3 is 12.4 Å². The van der Waals surface area contributed by atoms with Crippen molar-refractivity contribution in [2.75, 3.05) is 26.4 Å². The zero-order chi connectivity index (χ0) is 40.2. The summed E-state index contributed by atoms with van der Waals surface area (Å²) in [5.74, 6) is 0. The summed E-state index contributed by atoms with van der Waals surface area (Å²) in [6, 6.07) is 6.45. The lowest BCUT2D eigenvalue weighted by Crippen LogP contribution is -2.40. The molecule has 0 spiro atoms. The van der Waals surface area contributed by atoms with E-state index in [9.17, 15) is 26.3 Å². The molecular formula is C40H58F6N2O5Si. The fourth-order valence-corrected chi connectivity index (χ4v) is 7.11. The highest BCUT2D eigenvalue weighted by Crippen LogP contribution is 2.39. The van der Waals surface area contributed by atoms with Crippen molar-refractivity contribution in [1.29, 1.82) is 0 Å². The quantitative estimate of drug-likeness (QED) is 0.0773. The number of alkyl halides is 6. The molecule has 2 aromatic carbocycles. The van der Waals surface area contributed by atoms with E-state index in [1.165, 1.54) is 25.0 Å². The number of nitrogens with zero attached hydrogens (tertiary/aromatic N) is 2. The highest BCUT2D eigenvalue weighted by Gasteiger charge is 2.39. The van der Waals surface area contributed by atoms with Gasteiger partial charge in [-0.25, -0.2) is 0 Å². The van der Waals surface area contributed by atoms with Crippen LogP contribution in [0.1, 0.15) is 120 Å². The van der Waals surface area contributed by atoms with E-state index in [2.05, 4.69) is 44.2 Å². The van der Waals surface area contributed by atoms with Crippen molar-refractivity contribution in [1.82, 2.24) is 10.3 Å². The number of halogens is 6. The average molecular weight is 789 g/mol. The normalized spacial score (nSPS) is 14.0. The molecule has 54 heavy (non-hydrogen) atoms. The summed E-state index contributed by atoms with van der Waals surface area (Å²) in [5.41, 5.74) is 2.30. The first kappa shape index (κ1) is 45.4.